The van der Waals surface area contributed by atoms with Crippen molar-refractivity contribution in [2.24, 2.45) is 11.8 Å². The van der Waals surface area contributed by atoms with E-state index in [1.165, 1.54) is 13.5 Å². The van der Waals surface area contributed by atoms with Crippen LogP contribution < -0.4 is 14.8 Å². The number of likely N-dealkylation sites (N-methyl/N-ethyl adjacent to an activating group) is 1. The summed E-state index contributed by atoms with van der Waals surface area (Å²) >= 11 is 0. The van der Waals surface area contributed by atoms with Gasteiger partial charge in [0, 0.05) is 44.6 Å². The Labute approximate surface area is 214 Å². The fourth-order valence-corrected chi connectivity index (χ4v) is 5.90. The number of amides is 2. The van der Waals surface area contributed by atoms with E-state index in [0.717, 1.165) is 31.6 Å². The number of benzene rings is 1. The van der Waals surface area contributed by atoms with Gasteiger partial charge in [0.1, 0.15) is 0 Å². The third-order valence-electron chi connectivity index (χ3n) is 7.38. The Kier molecular flexibility index (Phi) is 8.14. The average Bonchev–Trinajstić information content (AvgIpc) is 2.87. The number of hydrogen-bond donors (Lipinski definition) is 1. The number of piperidine rings is 1. The quantitative estimate of drug-likeness (QED) is 0.566. The number of carbonyl (C=O) groups is 2. The van der Waals surface area contributed by atoms with E-state index >= 15 is 0 Å². The lowest BCUT2D eigenvalue weighted by atomic mass is 9.79. The fourth-order valence-electron chi connectivity index (χ4n) is 5.90. The Morgan fingerprint density at radius 2 is 1.83 bits per heavy atom. The molecule has 194 valence electrons. The van der Waals surface area contributed by atoms with Crippen molar-refractivity contribution in [3.05, 3.63) is 53.3 Å². The molecule has 1 N–H and O–H groups in total. The third-order valence-corrected chi connectivity index (χ3v) is 7.38. The van der Waals surface area contributed by atoms with Crippen molar-refractivity contribution in [3.8, 4) is 11.5 Å². The van der Waals surface area contributed by atoms with Crippen molar-refractivity contribution >= 4 is 11.8 Å². The molecule has 8 heteroatoms. The van der Waals surface area contributed by atoms with Crippen molar-refractivity contribution in [2.45, 2.75) is 38.6 Å². The Bertz CT molecular complexity index is 1070. The predicted molar refractivity (Wildman–Crippen MR) is 138 cm³/mol. The number of carbonyl (C=O) groups excluding carboxylic acids is 2. The van der Waals surface area contributed by atoms with Crippen LogP contribution in [0.25, 0.3) is 0 Å². The summed E-state index contributed by atoms with van der Waals surface area (Å²) in [5.74, 6) is 1.48. The van der Waals surface area contributed by atoms with Gasteiger partial charge in [-0.05, 0) is 60.5 Å². The second-order valence-corrected chi connectivity index (χ2v) is 10.3. The molecule has 2 aromatic rings. The minimum absolute atomic E-state index is 0.114. The Morgan fingerprint density at radius 1 is 1.14 bits per heavy atom. The van der Waals surface area contributed by atoms with E-state index in [1.54, 1.807) is 43.6 Å². The molecule has 0 aliphatic carbocycles. The molecule has 4 rings (SSSR count). The van der Waals surface area contributed by atoms with E-state index in [1.807, 2.05) is 12.1 Å². The average molecular weight is 495 g/mol. The maximum Gasteiger partial charge on any atom is 0.254 e. The zero-order chi connectivity index (χ0) is 25.8. The third kappa shape index (κ3) is 5.33. The van der Waals surface area contributed by atoms with Crippen molar-refractivity contribution in [1.82, 2.24) is 20.1 Å². The monoisotopic (exact) mass is 494 g/mol. The van der Waals surface area contributed by atoms with Crippen LogP contribution in [0.3, 0.4) is 0 Å². The first-order valence-electron chi connectivity index (χ1n) is 12.8. The molecule has 0 spiro atoms. The second-order valence-electron chi connectivity index (χ2n) is 10.3. The molecule has 36 heavy (non-hydrogen) atoms. The van der Waals surface area contributed by atoms with Crippen LogP contribution in [-0.4, -0.2) is 74.0 Å². The number of ether oxygens (including phenoxy) is 2. The molecule has 0 radical (unpaired) electrons. The Hall–Kier alpha value is -3.13. The Morgan fingerprint density at radius 3 is 2.47 bits per heavy atom. The van der Waals surface area contributed by atoms with Crippen molar-refractivity contribution < 1.29 is 19.1 Å². The molecule has 2 amide bonds. The summed E-state index contributed by atoms with van der Waals surface area (Å²) in [5.41, 5.74) is 1.90. The summed E-state index contributed by atoms with van der Waals surface area (Å²) in [6, 6.07) is 6.69. The predicted octanol–water partition coefficient (Wildman–Crippen LogP) is 3.49. The number of hydrogen-bond acceptors (Lipinski definition) is 6. The van der Waals surface area contributed by atoms with E-state index in [4.69, 9.17) is 9.47 Å². The van der Waals surface area contributed by atoms with Gasteiger partial charge in [0.2, 0.25) is 5.91 Å². The molecule has 0 bridgehead atoms. The molecular formula is C28H38N4O4. The van der Waals surface area contributed by atoms with Crippen molar-refractivity contribution in [3.63, 3.8) is 0 Å². The van der Waals surface area contributed by atoms with Gasteiger partial charge in [0.25, 0.3) is 5.91 Å². The first-order valence-corrected chi connectivity index (χ1v) is 12.8. The van der Waals surface area contributed by atoms with Crippen LogP contribution >= 0.6 is 0 Å². The van der Waals surface area contributed by atoms with Gasteiger partial charge >= 0.3 is 0 Å². The number of nitrogens with one attached hydrogen (secondary N) is 1. The molecule has 3 heterocycles. The highest BCUT2D eigenvalue weighted by atomic mass is 16.5. The molecule has 1 saturated heterocycles. The van der Waals surface area contributed by atoms with Gasteiger partial charge in [-0.25, -0.2) is 0 Å². The molecule has 1 aromatic carbocycles. The second kappa shape index (κ2) is 11.3. The highest BCUT2D eigenvalue weighted by molar-refractivity contribution is 6.02. The van der Waals surface area contributed by atoms with Gasteiger partial charge in [-0.3, -0.25) is 14.6 Å². The summed E-state index contributed by atoms with van der Waals surface area (Å²) in [4.78, 5) is 35.5. The van der Waals surface area contributed by atoms with Gasteiger partial charge in [0.15, 0.2) is 11.5 Å². The number of pyridine rings is 1. The van der Waals surface area contributed by atoms with Crippen molar-refractivity contribution in [2.75, 3.05) is 47.4 Å². The number of fused-ring (bicyclic) bond motifs is 1. The van der Waals surface area contributed by atoms with E-state index in [0.29, 0.717) is 41.0 Å². The van der Waals surface area contributed by atoms with Gasteiger partial charge in [-0.2, -0.15) is 0 Å². The van der Waals surface area contributed by atoms with Crippen molar-refractivity contribution in [1.29, 1.82) is 0 Å². The van der Waals surface area contributed by atoms with Gasteiger partial charge < -0.3 is 24.6 Å². The van der Waals surface area contributed by atoms with Crippen LogP contribution in [0.5, 0.6) is 11.5 Å². The number of likely N-dealkylation sites (tertiary alicyclic amines) is 1. The summed E-state index contributed by atoms with van der Waals surface area (Å²) in [5, 5.41) is 3.16. The zero-order valence-electron chi connectivity index (χ0n) is 22.0. The normalized spacial score (nSPS) is 24.2. The van der Waals surface area contributed by atoms with Crippen LogP contribution in [0.1, 0.15) is 60.1 Å². The first kappa shape index (κ1) is 25.9. The molecule has 0 saturated carbocycles. The van der Waals surface area contributed by atoms with Crippen LogP contribution in [0.4, 0.5) is 0 Å². The first-order chi connectivity index (χ1) is 17.3. The van der Waals surface area contributed by atoms with Crippen LogP contribution in [0.2, 0.25) is 0 Å². The SMILES string of the molecule is COc1cc2c(cc1OC)[C@H](C(=O)NCCCN1C[C@H](C)C[C@@H](C)C1)[C@H](c1cccnc1)N(C)C2=O. The number of nitrogens with zero attached hydrogens (tertiary/aromatic N) is 3. The van der Waals surface area contributed by atoms with E-state index < -0.39 is 12.0 Å². The summed E-state index contributed by atoms with van der Waals surface area (Å²) in [6.07, 6.45) is 5.57. The summed E-state index contributed by atoms with van der Waals surface area (Å²) in [6.45, 7) is 8.40. The van der Waals surface area contributed by atoms with Gasteiger partial charge in [0.05, 0.1) is 26.2 Å². The standard InChI is InChI=1S/C28H38N4O4/c1-18-12-19(2)17-32(16-18)11-7-10-30-27(33)25-21-13-23(35-4)24(36-5)14-22(21)28(34)31(3)26(25)20-8-6-9-29-15-20/h6,8-9,13-15,18-19,25-26H,7,10-12,16-17H2,1-5H3,(H,30,33)/t18-,19-,25+,26+/m1/s1. The van der Waals surface area contributed by atoms with Gasteiger partial charge in [-0.15, -0.1) is 0 Å². The van der Waals surface area contributed by atoms with Crippen LogP contribution in [0.15, 0.2) is 36.7 Å². The van der Waals surface area contributed by atoms with E-state index in [-0.39, 0.29) is 11.8 Å². The van der Waals surface area contributed by atoms with Crippen LogP contribution in [-0.2, 0) is 4.79 Å². The summed E-state index contributed by atoms with van der Waals surface area (Å²) < 4.78 is 11.0. The molecule has 1 aromatic heterocycles. The fraction of sp³-hybridized carbons (Fsp3) is 0.536. The topological polar surface area (TPSA) is 84.0 Å². The largest absolute Gasteiger partial charge is 0.493 e. The lowest BCUT2D eigenvalue weighted by Crippen LogP contribution is -2.46. The smallest absolute Gasteiger partial charge is 0.254 e. The lowest BCUT2D eigenvalue weighted by Gasteiger charge is -2.40. The molecular weight excluding hydrogens is 456 g/mol. The zero-order valence-corrected chi connectivity index (χ0v) is 22.0. The highest BCUT2D eigenvalue weighted by Crippen LogP contribution is 2.45. The van der Waals surface area contributed by atoms with E-state index in [9.17, 15) is 9.59 Å². The number of methoxy groups -OCH3 is 2. The molecule has 2 aliphatic heterocycles. The molecule has 0 unspecified atom stereocenters. The minimum Gasteiger partial charge on any atom is -0.493 e. The number of aromatic nitrogens is 1. The van der Waals surface area contributed by atoms with Crippen LogP contribution in [0, 0.1) is 11.8 Å². The molecule has 8 nitrogen and oxygen atoms in total. The maximum atomic E-state index is 13.8. The maximum absolute atomic E-state index is 13.8. The molecule has 4 atom stereocenters. The van der Waals surface area contributed by atoms with E-state index in [2.05, 4.69) is 29.0 Å². The Balaban J connectivity index is 1.58. The molecule has 2 aliphatic rings. The number of rotatable bonds is 8. The van der Waals surface area contributed by atoms with Gasteiger partial charge in [-0.1, -0.05) is 19.9 Å². The lowest BCUT2D eigenvalue weighted by molar-refractivity contribution is -0.124. The summed E-state index contributed by atoms with van der Waals surface area (Å²) in [7, 11) is 4.82. The highest BCUT2D eigenvalue weighted by Gasteiger charge is 2.43. The minimum atomic E-state index is -0.610. The molecule has 1 fully saturated rings.